The highest BCUT2D eigenvalue weighted by atomic mass is 127. The van der Waals surface area contributed by atoms with Crippen LogP contribution in [0.5, 0.6) is 0 Å². The van der Waals surface area contributed by atoms with Crippen molar-refractivity contribution in [1.29, 1.82) is 0 Å². The van der Waals surface area contributed by atoms with Crippen molar-refractivity contribution in [2.75, 3.05) is 20.1 Å². The monoisotopic (exact) mass is 476 g/mol. The topological polar surface area (TPSA) is 39.7 Å². The van der Waals surface area contributed by atoms with Crippen molar-refractivity contribution in [1.82, 2.24) is 15.5 Å². The Hall–Kier alpha value is -0.960. The van der Waals surface area contributed by atoms with E-state index in [-0.39, 0.29) is 41.5 Å². The standard InChI is InChI=1S/C19H26F2N4.HI/c1-22-19(23-12-7-9-25(10-8-12)13-5-6-13)24-17-11-14(17)18-15(20)3-2-4-16(18)21;/h2-4,12-14,17H,5-11H2,1H3,(H2,22,23,24);1H. The number of hydrogen-bond acceptors (Lipinski definition) is 2. The lowest BCUT2D eigenvalue weighted by Gasteiger charge is -2.33. The average molecular weight is 476 g/mol. The summed E-state index contributed by atoms with van der Waals surface area (Å²) in [5.41, 5.74) is 0.202. The van der Waals surface area contributed by atoms with Gasteiger partial charge in [0.05, 0.1) is 0 Å². The summed E-state index contributed by atoms with van der Waals surface area (Å²) in [6.07, 6.45) is 5.69. The largest absolute Gasteiger partial charge is 0.354 e. The van der Waals surface area contributed by atoms with Gasteiger partial charge in [-0.05, 0) is 44.2 Å². The Morgan fingerprint density at radius 1 is 1.08 bits per heavy atom. The van der Waals surface area contributed by atoms with E-state index >= 15 is 0 Å². The van der Waals surface area contributed by atoms with Crippen LogP contribution in [0.15, 0.2) is 23.2 Å². The highest BCUT2D eigenvalue weighted by Gasteiger charge is 2.42. The summed E-state index contributed by atoms with van der Waals surface area (Å²) in [5.74, 6) is -0.278. The van der Waals surface area contributed by atoms with E-state index in [0.29, 0.717) is 6.04 Å². The number of halogens is 3. The molecule has 4 rings (SSSR count). The lowest BCUT2D eigenvalue weighted by Crippen LogP contribution is -2.49. The van der Waals surface area contributed by atoms with Crippen LogP contribution in [0.4, 0.5) is 8.78 Å². The molecule has 1 saturated heterocycles. The fourth-order valence-corrected chi connectivity index (χ4v) is 3.93. The molecule has 0 bridgehead atoms. The van der Waals surface area contributed by atoms with Gasteiger partial charge in [0.1, 0.15) is 11.6 Å². The molecule has 2 saturated carbocycles. The Labute approximate surface area is 170 Å². The molecule has 0 aromatic heterocycles. The second kappa shape index (κ2) is 8.37. The molecule has 0 spiro atoms. The Morgan fingerprint density at radius 3 is 2.31 bits per heavy atom. The maximum atomic E-state index is 13.9. The zero-order valence-electron chi connectivity index (χ0n) is 15.0. The number of piperidine rings is 1. The smallest absolute Gasteiger partial charge is 0.191 e. The molecule has 3 fully saturated rings. The van der Waals surface area contributed by atoms with Gasteiger partial charge in [-0.2, -0.15) is 0 Å². The summed E-state index contributed by atoms with van der Waals surface area (Å²) in [6.45, 7) is 2.29. The molecule has 7 heteroatoms. The first kappa shape index (κ1) is 19.8. The predicted molar refractivity (Wildman–Crippen MR) is 110 cm³/mol. The number of hydrogen-bond donors (Lipinski definition) is 2. The summed E-state index contributed by atoms with van der Waals surface area (Å²) in [5, 5.41) is 6.81. The van der Waals surface area contributed by atoms with Crippen molar-refractivity contribution in [2.24, 2.45) is 4.99 Å². The molecule has 1 aliphatic heterocycles. The number of nitrogens with one attached hydrogen (secondary N) is 2. The van der Waals surface area contributed by atoms with Crippen LogP contribution in [-0.4, -0.2) is 49.1 Å². The fraction of sp³-hybridized carbons (Fsp3) is 0.632. The molecule has 1 aromatic rings. The molecule has 26 heavy (non-hydrogen) atoms. The van der Waals surface area contributed by atoms with Gasteiger partial charge in [0.2, 0.25) is 0 Å². The third kappa shape index (κ3) is 4.47. The molecular formula is C19H27F2IN4. The van der Waals surface area contributed by atoms with Gasteiger partial charge in [-0.15, -0.1) is 24.0 Å². The van der Waals surface area contributed by atoms with Gasteiger partial charge in [0, 0.05) is 49.7 Å². The van der Waals surface area contributed by atoms with Crippen LogP contribution >= 0.6 is 24.0 Å². The summed E-state index contributed by atoms with van der Waals surface area (Å²) < 4.78 is 27.8. The summed E-state index contributed by atoms with van der Waals surface area (Å²) in [7, 11) is 1.75. The van der Waals surface area contributed by atoms with Crippen molar-refractivity contribution in [2.45, 2.75) is 56.1 Å². The number of nitrogens with zero attached hydrogens (tertiary/aromatic N) is 2. The first-order chi connectivity index (χ1) is 12.2. The quantitative estimate of drug-likeness (QED) is 0.399. The lowest BCUT2D eigenvalue weighted by molar-refractivity contribution is 0.197. The second-order valence-corrected chi connectivity index (χ2v) is 7.49. The van der Waals surface area contributed by atoms with E-state index in [1.54, 1.807) is 7.05 Å². The van der Waals surface area contributed by atoms with E-state index < -0.39 is 11.6 Å². The molecule has 3 aliphatic rings. The third-order valence-electron chi connectivity index (χ3n) is 5.64. The van der Waals surface area contributed by atoms with Crippen LogP contribution in [0.1, 0.15) is 43.6 Å². The van der Waals surface area contributed by atoms with E-state index in [1.165, 1.54) is 31.0 Å². The van der Waals surface area contributed by atoms with Gasteiger partial charge < -0.3 is 15.5 Å². The number of rotatable bonds is 4. The lowest BCUT2D eigenvalue weighted by atomic mass is 10.1. The molecule has 2 aliphatic carbocycles. The summed E-state index contributed by atoms with van der Waals surface area (Å²) in [4.78, 5) is 6.88. The minimum Gasteiger partial charge on any atom is -0.354 e. The molecule has 2 N–H and O–H groups in total. The second-order valence-electron chi connectivity index (χ2n) is 7.49. The van der Waals surface area contributed by atoms with Crippen LogP contribution in [0, 0.1) is 11.6 Å². The van der Waals surface area contributed by atoms with Gasteiger partial charge in [-0.1, -0.05) is 6.07 Å². The normalized spacial score (nSPS) is 27.0. The van der Waals surface area contributed by atoms with Crippen molar-refractivity contribution in [3.8, 4) is 0 Å². The first-order valence-electron chi connectivity index (χ1n) is 9.33. The zero-order valence-corrected chi connectivity index (χ0v) is 17.4. The van der Waals surface area contributed by atoms with Gasteiger partial charge in [0.15, 0.2) is 5.96 Å². The SMILES string of the molecule is CN=C(NC1CCN(C2CC2)CC1)NC1CC1c1c(F)cccc1F.I. The Morgan fingerprint density at radius 2 is 1.73 bits per heavy atom. The van der Waals surface area contributed by atoms with Gasteiger partial charge >= 0.3 is 0 Å². The zero-order chi connectivity index (χ0) is 17.4. The number of benzene rings is 1. The maximum absolute atomic E-state index is 13.9. The molecule has 0 radical (unpaired) electrons. The Balaban J connectivity index is 0.00000196. The first-order valence-corrected chi connectivity index (χ1v) is 9.33. The molecule has 2 unspecified atom stereocenters. The Kier molecular flexibility index (Phi) is 6.37. The highest BCUT2D eigenvalue weighted by molar-refractivity contribution is 14.0. The van der Waals surface area contributed by atoms with Crippen LogP contribution in [0.2, 0.25) is 0 Å². The van der Waals surface area contributed by atoms with E-state index in [9.17, 15) is 8.78 Å². The van der Waals surface area contributed by atoms with Gasteiger partial charge in [-0.25, -0.2) is 8.78 Å². The number of aliphatic imine (C=N–C) groups is 1. The minimum atomic E-state index is -0.454. The van der Waals surface area contributed by atoms with E-state index in [2.05, 4.69) is 20.5 Å². The molecule has 0 amide bonds. The molecular weight excluding hydrogens is 449 g/mol. The summed E-state index contributed by atoms with van der Waals surface area (Å²) >= 11 is 0. The van der Waals surface area contributed by atoms with E-state index in [4.69, 9.17) is 0 Å². The van der Waals surface area contributed by atoms with Crippen molar-refractivity contribution in [3.05, 3.63) is 35.4 Å². The van der Waals surface area contributed by atoms with Crippen molar-refractivity contribution in [3.63, 3.8) is 0 Å². The van der Waals surface area contributed by atoms with Crippen LogP contribution in [0.3, 0.4) is 0 Å². The molecule has 2 atom stereocenters. The van der Waals surface area contributed by atoms with Gasteiger partial charge in [0.25, 0.3) is 0 Å². The van der Waals surface area contributed by atoms with E-state index in [0.717, 1.165) is 44.4 Å². The maximum Gasteiger partial charge on any atom is 0.191 e. The number of likely N-dealkylation sites (tertiary alicyclic amines) is 1. The van der Waals surface area contributed by atoms with Crippen LogP contribution < -0.4 is 10.6 Å². The van der Waals surface area contributed by atoms with Gasteiger partial charge in [-0.3, -0.25) is 4.99 Å². The van der Waals surface area contributed by atoms with E-state index in [1.807, 2.05) is 0 Å². The average Bonchev–Trinajstić information content (AvgIpc) is 3.51. The van der Waals surface area contributed by atoms with Crippen molar-refractivity contribution < 1.29 is 8.78 Å². The molecule has 1 heterocycles. The molecule has 1 aromatic carbocycles. The van der Waals surface area contributed by atoms with Crippen molar-refractivity contribution >= 4 is 29.9 Å². The van der Waals surface area contributed by atoms with Crippen LogP contribution in [-0.2, 0) is 0 Å². The highest BCUT2D eigenvalue weighted by Crippen LogP contribution is 2.43. The fourth-order valence-electron chi connectivity index (χ4n) is 3.93. The predicted octanol–water partition coefficient (Wildman–Crippen LogP) is 3.23. The molecule has 144 valence electrons. The van der Waals surface area contributed by atoms with Crippen LogP contribution in [0.25, 0.3) is 0 Å². The third-order valence-corrected chi connectivity index (χ3v) is 5.64. The molecule has 4 nitrogen and oxygen atoms in total. The summed E-state index contributed by atoms with van der Waals surface area (Å²) in [6, 6.07) is 5.37. The number of guanidine groups is 1. The Bertz CT molecular complexity index is 637. The minimum absolute atomic E-state index is 0.